The Morgan fingerprint density at radius 3 is 2.58 bits per heavy atom. The van der Waals surface area contributed by atoms with E-state index in [1.165, 1.54) is 0 Å². The van der Waals surface area contributed by atoms with Gasteiger partial charge >= 0.3 is 11.9 Å². The highest BCUT2D eigenvalue weighted by Gasteiger charge is 2.41. The molecule has 1 heterocycles. The third-order valence-corrected chi connectivity index (χ3v) is 2.05. The second-order valence-corrected chi connectivity index (χ2v) is 2.81. The molecule has 66 valence electrons. The summed E-state index contributed by atoms with van der Waals surface area (Å²) in [6.07, 6.45) is 4.15. The molecule has 0 aromatic heterocycles. The van der Waals surface area contributed by atoms with Crippen molar-refractivity contribution in [3.63, 3.8) is 0 Å². The quantitative estimate of drug-likeness (QED) is 0.354. The van der Waals surface area contributed by atoms with Crippen molar-refractivity contribution in [1.82, 2.24) is 0 Å². The molecule has 0 aromatic carbocycles. The summed E-state index contributed by atoms with van der Waals surface area (Å²) in [6, 6.07) is 0. The van der Waals surface area contributed by atoms with Crippen molar-refractivity contribution < 1.29 is 14.3 Å². The monoisotopic (exact) mass is 168 g/mol. The molecule has 3 nitrogen and oxygen atoms in total. The molecule has 0 aromatic rings. The van der Waals surface area contributed by atoms with Crippen LogP contribution in [-0.2, 0) is 14.3 Å². The number of ether oxygens (including phenoxy) is 1. The Hall–Kier alpha value is -1.12. The Bertz CT molecular complexity index is 230. The normalized spacial score (nSPS) is 29.8. The van der Waals surface area contributed by atoms with Crippen LogP contribution >= 0.6 is 0 Å². The molecule has 3 heteroatoms. The second kappa shape index (κ2) is 3.52. The molecule has 2 atom stereocenters. The van der Waals surface area contributed by atoms with Gasteiger partial charge in [-0.1, -0.05) is 19.1 Å². The molecule has 1 aliphatic rings. The largest absolute Gasteiger partial charge is 0.392 e. The van der Waals surface area contributed by atoms with Gasteiger partial charge in [0.2, 0.25) is 0 Å². The molecule has 2 unspecified atom stereocenters. The number of rotatable bonds is 2. The zero-order valence-corrected chi connectivity index (χ0v) is 7.24. The lowest BCUT2D eigenvalue weighted by molar-refractivity contribution is -0.153. The van der Waals surface area contributed by atoms with Crippen LogP contribution in [0.15, 0.2) is 12.2 Å². The van der Waals surface area contributed by atoms with Crippen molar-refractivity contribution in [2.24, 2.45) is 11.8 Å². The number of hydrogen-bond acceptors (Lipinski definition) is 3. The number of carbonyl (C=O) groups is 2. The van der Waals surface area contributed by atoms with Crippen LogP contribution < -0.4 is 0 Å². The minimum Gasteiger partial charge on any atom is -0.392 e. The zero-order chi connectivity index (χ0) is 9.14. The van der Waals surface area contributed by atoms with E-state index in [4.69, 9.17) is 0 Å². The van der Waals surface area contributed by atoms with Crippen LogP contribution in [0.25, 0.3) is 0 Å². The highest BCUT2D eigenvalue weighted by atomic mass is 16.6. The summed E-state index contributed by atoms with van der Waals surface area (Å²) in [4.78, 5) is 22.1. The summed E-state index contributed by atoms with van der Waals surface area (Å²) in [7, 11) is 0. The molecule has 1 aliphatic heterocycles. The maximum atomic E-state index is 11.0. The van der Waals surface area contributed by atoms with Gasteiger partial charge < -0.3 is 4.74 Å². The Balaban J connectivity index is 2.81. The van der Waals surface area contributed by atoms with Gasteiger partial charge in [-0.05, 0) is 13.3 Å². The van der Waals surface area contributed by atoms with Crippen molar-refractivity contribution in [1.29, 1.82) is 0 Å². The minimum absolute atomic E-state index is 0.270. The maximum absolute atomic E-state index is 11.0. The van der Waals surface area contributed by atoms with Crippen LogP contribution in [0, 0.1) is 11.8 Å². The fourth-order valence-corrected chi connectivity index (χ4v) is 1.39. The molecule has 0 bridgehead atoms. The van der Waals surface area contributed by atoms with E-state index in [-0.39, 0.29) is 17.8 Å². The molecule has 0 N–H and O–H groups in total. The molecule has 0 aliphatic carbocycles. The van der Waals surface area contributed by atoms with Crippen molar-refractivity contribution >= 4 is 11.9 Å². The van der Waals surface area contributed by atoms with Gasteiger partial charge in [-0.15, -0.1) is 0 Å². The Morgan fingerprint density at radius 2 is 2.08 bits per heavy atom. The molecular weight excluding hydrogens is 156 g/mol. The van der Waals surface area contributed by atoms with E-state index < -0.39 is 5.97 Å². The van der Waals surface area contributed by atoms with Crippen LogP contribution in [0.1, 0.15) is 20.3 Å². The van der Waals surface area contributed by atoms with Crippen molar-refractivity contribution in [2.75, 3.05) is 0 Å². The molecule has 0 saturated carbocycles. The van der Waals surface area contributed by atoms with E-state index in [0.29, 0.717) is 6.42 Å². The van der Waals surface area contributed by atoms with Crippen LogP contribution in [-0.4, -0.2) is 11.9 Å². The fourth-order valence-electron chi connectivity index (χ4n) is 1.39. The first kappa shape index (κ1) is 8.97. The number of hydrogen-bond donors (Lipinski definition) is 0. The SMILES string of the molecule is C/C=C\C1C(=O)OC(=O)C1CC. The smallest absolute Gasteiger partial charge is 0.321 e. The molecule has 0 radical (unpaired) electrons. The van der Waals surface area contributed by atoms with E-state index in [2.05, 4.69) is 4.74 Å². The lowest BCUT2D eigenvalue weighted by Crippen LogP contribution is -2.14. The second-order valence-electron chi connectivity index (χ2n) is 2.81. The highest BCUT2D eigenvalue weighted by Crippen LogP contribution is 2.27. The molecule has 1 rings (SSSR count). The summed E-state index contributed by atoms with van der Waals surface area (Å²) < 4.78 is 4.50. The first-order chi connectivity index (χ1) is 5.70. The Morgan fingerprint density at radius 1 is 1.42 bits per heavy atom. The average Bonchev–Trinajstić information content (AvgIpc) is 2.28. The molecule has 0 amide bonds. The predicted octanol–water partition coefficient (Wildman–Crippen LogP) is 1.29. The standard InChI is InChI=1S/C9H12O3/c1-3-5-7-6(4-2)8(10)12-9(7)11/h3,5-7H,4H2,1-2H3/b5-3-. The van der Waals surface area contributed by atoms with Gasteiger partial charge in [0.15, 0.2) is 0 Å². The van der Waals surface area contributed by atoms with Crippen LogP contribution in [0.2, 0.25) is 0 Å². The number of carbonyl (C=O) groups excluding carboxylic acids is 2. The van der Waals surface area contributed by atoms with Gasteiger partial charge in [-0.25, -0.2) is 0 Å². The Labute approximate surface area is 71.4 Å². The summed E-state index contributed by atoms with van der Waals surface area (Å²) >= 11 is 0. The van der Waals surface area contributed by atoms with Crippen molar-refractivity contribution in [2.45, 2.75) is 20.3 Å². The minimum atomic E-state index is -0.412. The number of allylic oxidation sites excluding steroid dienone is 1. The maximum Gasteiger partial charge on any atom is 0.321 e. The molecular formula is C9H12O3. The van der Waals surface area contributed by atoms with Gasteiger partial charge in [0.25, 0.3) is 0 Å². The van der Waals surface area contributed by atoms with E-state index in [1.54, 1.807) is 12.2 Å². The van der Waals surface area contributed by atoms with Gasteiger partial charge in [0.05, 0.1) is 11.8 Å². The van der Waals surface area contributed by atoms with Crippen molar-refractivity contribution in [3.8, 4) is 0 Å². The number of cyclic esters (lactones) is 2. The van der Waals surface area contributed by atoms with Crippen LogP contribution in [0.5, 0.6) is 0 Å². The topological polar surface area (TPSA) is 43.4 Å². The Kier molecular flexibility index (Phi) is 2.63. The van der Waals surface area contributed by atoms with E-state index in [1.807, 2.05) is 13.8 Å². The van der Waals surface area contributed by atoms with Gasteiger partial charge in [-0.2, -0.15) is 0 Å². The first-order valence-corrected chi connectivity index (χ1v) is 4.09. The van der Waals surface area contributed by atoms with Crippen LogP contribution in [0.3, 0.4) is 0 Å². The molecule has 12 heavy (non-hydrogen) atoms. The fraction of sp³-hybridized carbons (Fsp3) is 0.556. The lowest BCUT2D eigenvalue weighted by atomic mass is 9.92. The summed E-state index contributed by atoms with van der Waals surface area (Å²) in [6.45, 7) is 3.70. The molecule has 1 saturated heterocycles. The number of esters is 2. The predicted molar refractivity (Wildman–Crippen MR) is 43.2 cm³/mol. The van der Waals surface area contributed by atoms with Crippen LogP contribution in [0.4, 0.5) is 0 Å². The van der Waals surface area contributed by atoms with Gasteiger partial charge in [0.1, 0.15) is 0 Å². The van der Waals surface area contributed by atoms with E-state index in [9.17, 15) is 9.59 Å². The summed E-state index contributed by atoms with van der Waals surface area (Å²) in [5.74, 6) is -1.42. The highest BCUT2D eigenvalue weighted by molar-refractivity contribution is 5.97. The summed E-state index contributed by atoms with van der Waals surface area (Å²) in [5, 5.41) is 0. The molecule has 1 fully saturated rings. The van der Waals surface area contributed by atoms with E-state index in [0.717, 1.165) is 0 Å². The molecule has 0 spiro atoms. The van der Waals surface area contributed by atoms with Gasteiger partial charge in [0, 0.05) is 0 Å². The zero-order valence-electron chi connectivity index (χ0n) is 7.24. The third-order valence-electron chi connectivity index (χ3n) is 2.05. The lowest BCUT2D eigenvalue weighted by Gasteiger charge is -2.04. The van der Waals surface area contributed by atoms with Crippen molar-refractivity contribution in [3.05, 3.63) is 12.2 Å². The summed E-state index contributed by atoms with van der Waals surface area (Å²) in [5.41, 5.74) is 0. The third kappa shape index (κ3) is 1.40. The van der Waals surface area contributed by atoms with Gasteiger partial charge in [-0.3, -0.25) is 9.59 Å². The first-order valence-electron chi connectivity index (χ1n) is 4.09. The van der Waals surface area contributed by atoms with E-state index >= 15 is 0 Å². The average molecular weight is 168 g/mol.